The van der Waals surface area contributed by atoms with Gasteiger partial charge >= 0.3 is 6.09 Å². The van der Waals surface area contributed by atoms with E-state index in [9.17, 15) is 14.4 Å². The molecule has 0 aliphatic carbocycles. The molecule has 0 radical (unpaired) electrons. The highest BCUT2D eigenvalue weighted by Gasteiger charge is 2.21. The number of methoxy groups -OCH3 is 1. The maximum Gasteiger partial charge on any atom is 0.411 e. The number of carbonyl (C=O) groups is 2. The molecule has 0 aliphatic rings. The Balaban J connectivity index is 1.94. The number of fused-ring (bicyclic) bond motifs is 1. The van der Waals surface area contributed by atoms with Crippen LogP contribution in [0.4, 0.5) is 16.2 Å². The zero-order chi connectivity index (χ0) is 21.2. The molecule has 0 unspecified atom stereocenters. The first-order valence-corrected chi connectivity index (χ1v) is 9.12. The molecule has 29 heavy (non-hydrogen) atoms. The van der Waals surface area contributed by atoms with Crippen LogP contribution in [0.15, 0.2) is 53.5 Å². The largest absolute Gasteiger partial charge is 0.453 e. The molecule has 0 saturated carbocycles. The Morgan fingerprint density at radius 1 is 1.03 bits per heavy atom. The Bertz CT molecular complexity index is 1140. The second kappa shape index (κ2) is 7.79. The molecule has 7 heteroatoms. The second-order valence-electron chi connectivity index (χ2n) is 7.66. The average Bonchev–Trinajstić information content (AvgIpc) is 2.67. The van der Waals surface area contributed by atoms with E-state index in [1.54, 1.807) is 30.3 Å². The summed E-state index contributed by atoms with van der Waals surface area (Å²) < 4.78 is 4.69. The number of pyridine rings is 1. The lowest BCUT2D eigenvalue weighted by atomic mass is 9.85. The number of ether oxygens (including phenoxy) is 1. The van der Waals surface area contributed by atoms with E-state index in [0.717, 1.165) is 5.56 Å². The predicted octanol–water partition coefficient (Wildman–Crippen LogP) is 4.26. The number of H-pyrrole nitrogens is 1. The highest BCUT2D eigenvalue weighted by molar-refractivity contribution is 6.06. The van der Waals surface area contributed by atoms with E-state index >= 15 is 0 Å². The number of para-hydroxylation sites is 1. The molecule has 150 valence electrons. The summed E-state index contributed by atoms with van der Waals surface area (Å²) in [4.78, 5) is 40.0. The van der Waals surface area contributed by atoms with Gasteiger partial charge in [-0.3, -0.25) is 14.9 Å². The molecule has 0 saturated heterocycles. The Morgan fingerprint density at radius 2 is 1.76 bits per heavy atom. The topological polar surface area (TPSA) is 100 Å². The van der Waals surface area contributed by atoms with Gasteiger partial charge in [0.15, 0.2) is 0 Å². The molecule has 1 aromatic heterocycles. The Labute approximate surface area is 168 Å². The van der Waals surface area contributed by atoms with Gasteiger partial charge in [-0.2, -0.15) is 0 Å². The monoisotopic (exact) mass is 393 g/mol. The highest BCUT2D eigenvalue weighted by Crippen LogP contribution is 2.32. The number of amides is 2. The summed E-state index contributed by atoms with van der Waals surface area (Å²) in [6.07, 6.45) is 0.793. The summed E-state index contributed by atoms with van der Waals surface area (Å²) in [5, 5.41) is 5.84. The third-order valence-electron chi connectivity index (χ3n) is 4.54. The lowest BCUT2D eigenvalue weighted by molar-refractivity contribution is 0.102. The summed E-state index contributed by atoms with van der Waals surface area (Å²) in [7, 11) is 1.28. The first kappa shape index (κ1) is 20.1. The molecule has 7 nitrogen and oxygen atoms in total. The number of nitrogens with one attached hydrogen (secondary N) is 3. The van der Waals surface area contributed by atoms with Crippen molar-refractivity contribution in [3.63, 3.8) is 0 Å². The SMILES string of the molecule is COC(=O)Nc1cc(NC(=O)c2c[nH]c3ccccc3c2=O)ccc1C(C)(C)C. The van der Waals surface area contributed by atoms with Gasteiger partial charge in [0.05, 0.1) is 7.11 Å². The minimum atomic E-state index is -0.607. The summed E-state index contributed by atoms with van der Waals surface area (Å²) in [5.41, 5.74) is 1.92. The number of aromatic amines is 1. The van der Waals surface area contributed by atoms with Crippen molar-refractivity contribution in [1.29, 1.82) is 0 Å². The van der Waals surface area contributed by atoms with Crippen LogP contribution >= 0.6 is 0 Å². The summed E-state index contributed by atoms with van der Waals surface area (Å²) in [6, 6.07) is 12.2. The van der Waals surface area contributed by atoms with Gasteiger partial charge in [0.1, 0.15) is 5.56 Å². The maximum atomic E-state index is 12.7. The molecule has 0 spiro atoms. The normalized spacial score (nSPS) is 11.2. The summed E-state index contributed by atoms with van der Waals surface area (Å²) in [5.74, 6) is -0.537. The zero-order valence-corrected chi connectivity index (χ0v) is 16.8. The van der Waals surface area contributed by atoms with Crippen LogP contribution in [0, 0.1) is 0 Å². The van der Waals surface area contributed by atoms with Gasteiger partial charge in [0.2, 0.25) is 5.43 Å². The van der Waals surface area contributed by atoms with Gasteiger partial charge in [-0.25, -0.2) is 4.79 Å². The molecule has 0 aliphatic heterocycles. The molecular formula is C22H23N3O4. The van der Waals surface area contributed by atoms with E-state index in [4.69, 9.17) is 0 Å². The van der Waals surface area contributed by atoms with Gasteiger partial charge in [-0.05, 0) is 35.2 Å². The molecule has 3 rings (SSSR count). The van der Waals surface area contributed by atoms with Gasteiger partial charge in [0, 0.05) is 28.5 Å². The minimum Gasteiger partial charge on any atom is -0.453 e. The molecule has 1 heterocycles. The molecule has 3 aromatic rings. The third-order valence-corrected chi connectivity index (χ3v) is 4.54. The van der Waals surface area contributed by atoms with E-state index in [-0.39, 0.29) is 16.4 Å². The van der Waals surface area contributed by atoms with Crippen LogP contribution in [0.5, 0.6) is 0 Å². The molecule has 2 amide bonds. The summed E-state index contributed by atoms with van der Waals surface area (Å²) >= 11 is 0. The lowest BCUT2D eigenvalue weighted by Gasteiger charge is -2.23. The minimum absolute atomic E-state index is 0.00563. The van der Waals surface area contributed by atoms with Crippen molar-refractivity contribution in [2.24, 2.45) is 0 Å². The van der Waals surface area contributed by atoms with Crippen LogP contribution in [0.3, 0.4) is 0 Å². The van der Waals surface area contributed by atoms with E-state index < -0.39 is 12.0 Å². The number of hydrogen-bond donors (Lipinski definition) is 3. The second-order valence-corrected chi connectivity index (χ2v) is 7.66. The van der Waals surface area contributed by atoms with Crippen molar-refractivity contribution in [3.8, 4) is 0 Å². The zero-order valence-electron chi connectivity index (χ0n) is 16.8. The number of hydrogen-bond acceptors (Lipinski definition) is 4. The highest BCUT2D eigenvalue weighted by atomic mass is 16.5. The third kappa shape index (κ3) is 4.29. The van der Waals surface area contributed by atoms with Crippen molar-refractivity contribution in [2.45, 2.75) is 26.2 Å². The fraction of sp³-hybridized carbons (Fsp3) is 0.227. The van der Waals surface area contributed by atoms with Gasteiger partial charge in [-0.1, -0.05) is 39.0 Å². The standard InChI is InChI=1S/C22H23N3O4/c1-22(2,3)16-10-9-13(11-18(16)25-21(28)29-4)24-20(27)15-12-23-17-8-6-5-7-14(17)19(15)26/h5-12H,1-4H3,(H,23,26)(H,24,27)(H,25,28). The van der Waals surface area contributed by atoms with E-state index in [2.05, 4.69) is 20.4 Å². The van der Waals surface area contributed by atoms with Gasteiger partial charge < -0.3 is 15.0 Å². The van der Waals surface area contributed by atoms with Gasteiger partial charge in [0.25, 0.3) is 5.91 Å². The number of anilines is 2. The fourth-order valence-electron chi connectivity index (χ4n) is 3.08. The molecule has 0 atom stereocenters. The fourth-order valence-corrected chi connectivity index (χ4v) is 3.08. The van der Waals surface area contributed by atoms with Crippen molar-refractivity contribution >= 4 is 34.3 Å². The number of aromatic nitrogens is 1. The van der Waals surface area contributed by atoms with Gasteiger partial charge in [-0.15, -0.1) is 0 Å². The lowest BCUT2D eigenvalue weighted by Crippen LogP contribution is -2.23. The smallest absolute Gasteiger partial charge is 0.411 e. The molecule has 0 bridgehead atoms. The van der Waals surface area contributed by atoms with Crippen LogP contribution in [0.1, 0.15) is 36.7 Å². The number of rotatable bonds is 3. The van der Waals surface area contributed by atoms with Crippen molar-refractivity contribution < 1.29 is 14.3 Å². The Kier molecular flexibility index (Phi) is 5.41. The molecule has 2 aromatic carbocycles. The van der Waals surface area contributed by atoms with Crippen LogP contribution in [-0.2, 0) is 10.2 Å². The molecular weight excluding hydrogens is 370 g/mol. The van der Waals surface area contributed by atoms with Crippen LogP contribution in [0.2, 0.25) is 0 Å². The van der Waals surface area contributed by atoms with E-state index in [0.29, 0.717) is 22.3 Å². The number of carbonyl (C=O) groups excluding carboxylic acids is 2. The predicted molar refractivity (Wildman–Crippen MR) is 114 cm³/mol. The molecule has 0 fully saturated rings. The van der Waals surface area contributed by atoms with Crippen LogP contribution < -0.4 is 16.1 Å². The first-order valence-electron chi connectivity index (χ1n) is 9.12. The van der Waals surface area contributed by atoms with Crippen LogP contribution in [-0.4, -0.2) is 24.1 Å². The van der Waals surface area contributed by atoms with E-state index in [1.165, 1.54) is 13.3 Å². The van der Waals surface area contributed by atoms with Crippen molar-refractivity contribution in [1.82, 2.24) is 4.98 Å². The van der Waals surface area contributed by atoms with Crippen LogP contribution in [0.25, 0.3) is 10.9 Å². The first-order chi connectivity index (χ1) is 13.7. The van der Waals surface area contributed by atoms with E-state index in [1.807, 2.05) is 32.9 Å². The Hall–Kier alpha value is -3.61. The quantitative estimate of drug-likeness (QED) is 0.619. The summed E-state index contributed by atoms with van der Waals surface area (Å²) in [6.45, 7) is 6.03. The molecule has 3 N–H and O–H groups in total. The average molecular weight is 393 g/mol. The van der Waals surface area contributed by atoms with Crippen molar-refractivity contribution in [2.75, 3.05) is 17.7 Å². The Morgan fingerprint density at radius 3 is 2.45 bits per heavy atom. The number of benzene rings is 2. The maximum absolute atomic E-state index is 12.7. The van der Waals surface area contributed by atoms with Crippen molar-refractivity contribution in [3.05, 3.63) is 70.0 Å².